The second-order valence-electron chi connectivity index (χ2n) is 4.06. The molecule has 0 fully saturated rings. The normalized spacial score (nSPS) is 12.8. The van der Waals surface area contributed by atoms with E-state index >= 15 is 0 Å². The second-order valence-corrected chi connectivity index (χ2v) is 4.06. The van der Waals surface area contributed by atoms with Crippen molar-refractivity contribution >= 4 is 5.97 Å². The molecule has 0 aliphatic carbocycles. The van der Waals surface area contributed by atoms with Crippen molar-refractivity contribution in [2.75, 3.05) is 0 Å². The van der Waals surface area contributed by atoms with Gasteiger partial charge in [0.1, 0.15) is 0 Å². The van der Waals surface area contributed by atoms with E-state index in [0.29, 0.717) is 6.42 Å². The molecule has 0 aliphatic heterocycles. The van der Waals surface area contributed by atoms with Crippen molar-refractivity contribution in [3.05, 3.63) is 24.8 Å². The first-order chi connectivity index (χ1) is 7.72. The molecule has 1 N–H and O–H groups in total. The van der Waals surface area contributed by atoms with E-state index in [2.05, 4.69) is 6.58 Å². The van der Waals surface area contributed by atoms with E-state index in [1.807, 2.05) is 25.2 Å². The van der Waals surface area contributed by atoms with Crippen molar-refractivity contribution < 1.29 is 9.90 Å². The molecule has 0 saturated heterocycles. The van der Waals surface area contributed by atoms with Crippen LogP contribution in [-0.2, 0) is 4.79 Å². The molecular weight excluding hydrogens is 200 g/mol. The topological polar surface area (TPSA) is 37.3 Å². The number of allylic oxidation sites excluding steroid dienone is 2. The molecule has 0 aromatic rings. The van der Waals surface area contributed by atoms with Crippen molar-refractivity contribution in [1.29, 1.82) is 0 Å². The summed E-state index contributed by atoms with van der Waals surface area (Å²) in [6, 6.07) is 0. The minimum Gasteiger partial charge on any atom is -0.481 e. The zero-order chi connectivity index (χ0) is 12.2. The van der Waals surface area contributed by atoms with Gasteiger partial charge in [0.25, 0.3) is 0 Å². The van der Waals surface area contributed by atoms with Crippen LogP contribution in [0.25, 0.3) is 0 Å². The lowest BCUT2D eigenvalue weighted by molar-refractivity contribution is -0.140. The Kier molecular flexibility index (Phi) is 9.78. The van der Waals surface area contributed by atoms with E-state index < -0.39 is 5.97 Å². The van der Waals surface area contributed by atoms with Gasteiger partial charge in [-0.05, 0) is 32.1 Å². The lowest BCUT2D eigenvalue weighted by Crippen LogP contribution is -2.08. The summed E-state index contributed by atoms with van der Waals surface area (Å²) in [5.74, 6) is -1.02. The first kappa shape index (κ1) is 14.9. The summed E-state index contributed by atoms with van der Waals surface area (Å²) in [7, 11) is 0. The highest BCUT2D eigenvalue weighted by atomic mass is 16.4. The monoisotopic (exact) mass is 224 g/mol. The van der Waals surface area contributed by atoms with Crippen LogP contribution < -0.4 is 0 Å². The van der Waals surface area contributed by atoms with Crippen molar-refractivity contribution in [2.45, 2.75) is 51.9 Å². The average molecular weight is 224 g/mol. The molecule has 0 saturated carbocycles. The van der Waals surface area contributed by atoms with E-state index in [-0.39, 0.29) is 5.92 Å². The third-order valence-corrected chi connectivity index (χ3v) is 2.65. The Morgan fingerprint density at radius 2 is 1.88 bits per heavy atom. The fraction of sp³-hybridized carbons (Fsp3) is 0.643. The van der Waals surface area contributed by atoms with Gasteiger partial charge in [-0.3, -0.25) is 4.79 Å². The third kappa shape index (κ3) is 8.27. The summed E-state index contributed by atoms with van der Waals surface area (Å²) < 4.78 is 0. The summed E-state index contributed by atoms with van der Waals surface area (Å²) in [5.41, 5.74) is 0. The van der Waals surface area contributed by atoms with E-state index in [1.54, 1.807) is 0 Å². The number of hydrogen-bond donors (Lipinski definition) is 1. The molecule has 0 aromatic carbocycles. The molecule has 0 heterocycles. The summed E-state index contributed by atoms with van der Waals surface area (Å²) in [6.45, 7) is 5.59. The highest BCUT2D eigenvalue weighted by molar-refractivity contribution is 5.71. The zero-order valence-corrected chi connectivity index (χ0v) is 10.3. The predicted molar refractivity (Wildman–Crippen MR) is 68.5 cm³/mol. The molecule has 16 heavy (non-hydrogen) atoms. The molecule has 0 rings (SSSR count). The van der Waals surface area contributed by atoms with Gasteiger partial charge in [0.15, 0.2) is 0 Å². The molecule has 0 spiro atoms. The van der Waals surface area contributed by atoms with Crippen molar-refractivity contribution in [3.8, 4) is 0 Å². The highest BCUT2D eigenvalue weighted by Crippen LogP contribution is 2.09. The Morgan fingerprint density at radius 3 is 2.38 bits per heavy atom. The van der Waals surface area contributed by atoms with Gasteiger partial charge in [-0.25, -0.2) is 0 Å². The number of hydrogen-bond acceptors (Lipinski definition) is 1. The van der Waals surface area contributed by atoms with Gasteiger partial charge in [-0.2, -0.15) is 0 Å². The SMILES string of the molecule is C=CCCCCCCC=CC(CC)C(=O)O. The van der Waals surface area contributed by atoms with Gasteiger partial charge < -0.3 is 5.11 Å². The first-order valence-electron chi connectivity index (χ1n) is 6.22. The Balaban J connectivity index is 3.45. The maximum atomic E-state index is 10.7. The van der Waals surface area contributed by atoms with Gasteiger partial charge >= 0.3 is 5.97 Å². The van der Waals surface area contributed by atoms with Gasteiger partial charge in [-0.1, -0.05) is 38.0 Å². The smallest absolute Gasteiger partial charge is 0.310 e. The van der Waals surface area contributed by atoms with Crippen LogP contribution in [0.3, 0.4) is 0 Å². The summed E-state index contributed by atoms with van der Waals surface area (Å²) in [5, 5.41) is 8.81. The van der Waals surface area contributed by atoms with Gasteiger partial charge in [0.05, 0.1) is 5.92 Å². The van der Waals surface area contributed by atoms with Gasteiger partial charge in [-0.15, -0.1) is 6.58 Å². The maximum absolute atomic E-state index is 10.7. The average Bonchev–Trinajstić information content (AvgIpc) is 2.26. The number of unbranched alkanes of at least 4 members (excludes halogenated alkanes) is 5. The summed E-state index contributed by atoms with van der Waals surface area (Å²) in [6.07, 6.45) is 13.4. The minimum absolute atomic E-state index is 0.305. The van der Waals surface area contributed by atoms with Crippen molar-refractivity contribution in [2.24, 2.45) is 5.92 Å². The van der Waals surface area contributed by atoms with Crippen LogP contribution in [0.2, 0.25) is 0 Å². The fourth-order valence-electron chi connectivity index (χ4n) is 1.56. The molecule has 0 aromatic heterocycles. The third-order valence-electron chi connectivity index (χ3n) is 2.65. The van der Waals surface area contributed by atoms with Crippen LogP contribution in [0.5, 0.6) is 0 Å². The Bertz CT molecular complexity index is 219. The predicted octanol–water partition coefficient (Wildman–Crippen LogP) is 4.18. The Labute approximate surface area is 99.1 Å². The minimum atomic E-state index is -0.718. The fourth-order valence-corrected chi connectivity index (χ4v) is 1.56. The molecule has 2 nitrogen and oxygen atoms in total. The van der Waals surface area contributed by atoms with E-state index in [4.69, 9.17) is 5.11 Å². The largest absolute Gasteiger partial charge is 0.481 e. The van der Waals surface area contributed by atoms with Crippen LogP contribution in [0.1, 0.15) is 51.9 Å². The molecule has 0 amide bonds. The molecular formula is C14H24O2. The standard InChI is InChI=1S/C14H24O2/c1-3-5-6-7-8-9-10-11-12-13(4-2)14(15)16/h3,11-13H,1,4-10H2,2H3,(H,15,16). The number of rotatable bonds is 10. The Hall–Kier alpha value is -1.05. The maximum Gasteiger partial charge on any atom is 0.310 e. The quantitative estimate of drug-likeness (QED) is 0.446. The number of carboxylic acids is 1. The Morgan fingerprint density at radius 1 is 1.25 bits per heavy atom. The first-order valence-corrected chi connectivity index (χ1v) is 6.22. The van der Waals surface area contributed by atoms with Gasteiger partial charge in [0, 0.05) is 0 Å². The van der Waals surface area contributed by atoms with E-state index in [9.17, 15) is 4.79 Å². The van der Waals surface area contributed by atoms with E-state index in [1.165, 1.54) is 19.3 Å². The number of aliphatic carboxylic acids is 1. The highest BCUT2D eigenvalue weighted by Gasteiger charge is 2.09. The van der Waals surface area contributed by atoms with Gasteiger partial charge in [0.2, 0.25) is 0 Å². The second kappa shape index (κ2) is 10.5. The van der Waals surface area contributed by atoms with Crippen LogP contribution >= 0.6 is 0 Å². The van der Waals surface area contributed by atoms with Crippen molar-refractivity contribution in [1.82, 2.24) is 0 Å². The molecule has 92 valence electrons. The number of carboxylic acid groups (broad SMARTS) is 1. The van der Waals surface area contributed by atoms with Crippen LogP contribution in [-0.4, -0.2) is 11.1 Å². The van der Waals surface area contributed by atoms with Crippen LogP contribution in [0.4, 0.5) is 0 Å². The zero-order valence-electron chi connectivity index (χ0n) is 10.3. The summed E-state index contributed by atoms with van der Waals surface area (Å²) >= 11 is 0. The van der Waals surface area contributed by atoms with Crippen LogP contribution in [0.15, 0.2) is 24.8 Å². The molecule has 0 radical (unpaired) electrons. The summed E-state index contributed by atoms with van der Waals surface area (Å²) in [4.78, 5) is 10.7. The lowest BCUT2D eigenvalue weighted by atomic mass is 10.0. The lowest BCUT2D eigenvalue weighted by Gasteiger charge is -2.02. The molecule has 2 heteroatoms. The van der Waals surface area contributed by atoms with E-state index in [0.717, 1.165) is 19.3 Å². The molecule has 1 unspecified atom stereocenters. The van der Waals surface area contributed by atoms with Crippen LogP contribution in [0, 0.1) is 5.92 Å². The molecule has 0 aliphatic rings. The number of carbonyl (C=O) groups is 1. The molecule has 1 atom stereocenters. The van der Waals surface area contributed by atoms with Crippen molar-refractivity contribution in [3.63, 3.8) is 0 Å². The molecule has 0 bridgehead atoms.